The summed E-state index contributed by atoms with van der Waals surface area (Å²) < 4.78 is 14.0. The molecule has 0 saturated heterocycles. The van der Waals surface area contributed by atoms with Crippen LogP contribution in [0.4, 0.5) is 10.2 Å². The number of aromatic nitrogens is 1. The van der Waals surface area contributed by atoms with Crippen molar-refractivity contribution < 1.29 is 9.50 Å². The molecule has 1 aromatic heterocycles. The van der Waals surface area contributed by atoms with Crippen LogP contribution >= 0.6 is 0 Å². The number of hydrogen-bond donors (Lipinski definition) is 2. The lowest BCUT2D eigenvalue weighted by atomic mass is 10.1. The Morgan fingerprint density at radius 3 is 2.56 bits per heavy atom. The van der Waals surface area contributed by atoms with Crippen LogP contribution in [-0.4, -0.2) is 9.67 Å². The topological polar surface area (TPSA) is 68.2 Å². The van der Waals surface area contributed by atoms with Gasteiger partial charge in [-0.05, 0) is 17.7 Å². The average Bonchev–Trinajstić information content (AvgIpc) is 2.34. The van der Waals surface area contributed by atoms with Crippen LogP contribution in [0.3, 0.4) is 0 Å². The molecule has 0 aliphatic carbocycles. The van der Waals surface area contributed by atoms with Crippen molar-refractivity contribution in [3.05, 3.63) is 57.6 Å². The molecule has 18 heavy (non-hydrogen) atoms. The van der Waals surface area contributed by atoms with Gasteiger partial charge in [-0.1, -0.05) is 12.1 Å². The first-order valence-corrected chi connectivity index (χ1v) is 5.41. The molecule has 0 unspecified atom stereocenters. The molecule has 0 radical (unpaired) electrons. The number of nitrogens with zero attached hydrogens (tertiary/aromatic N) is 1. The normalized spacial score (nSPS) is 10.6. The van der Waals surface area contributed by atoms with E-state index in [9.17, 15) is 14.3 Å². The van der Waals surface area contributed by atoms with Crippen molar-refractivity contribution in [1.29, 1.82) is 0 Å². The molecule has 0 spiro atoms. The zero-order valence-electron chi connectivity index (χ0n) is 9.85. The van der Waals surface area contributed by atoms with Crippen LogP contribution in [0.25, 0.3) is 0 Å². The standard InChI is InChI=1S/C13H13FN2O2/c1-16-12(15)7-11(17)10(13(16)18)6-8-2-4-9(14)5-3-8/h2-5,7,17H,6,15H2,1H3. The Morgan fingerprint density at radius 2 is 1.94 bits per heavy atom. The summed E-state index contributed by atoms with van der Waals surface area (Å²) in [6, 6.07) is 7.11. The van der Waals surface area contributed by atoms with E-state index < -0.39 is 0 Å². The van der Waals surface area contributed by atoms with Gasteiger partial charge in [0.25, 0.3) is 5.56 Å². The minimum absolute atomic E-state index is 0.139. The van der Waals surface area contributed by atoms with Crippen LogP contribution in [0, 0.1) is 5.82 Å². The molecule has 0 fully saturated rings. The van der Waals surface area contributed by atoms with Gasteiger partial charge in [0.15, 0.2) is 0 Å². The van der Waals surface area contributed by atoms with E-state index >= 15 is 0 Å². The number of pyridine rings is 1. The molecule has 2 aromatic rings. The molecule has 0 amide bonds. The summed E-state index contributed by atoms with van der Waals surface area (Å²) in [4.78, 5) is 11.9. The molecule has 4 nitrogen and oxygen atoms in total. The highest BCUT2D eigenvalue weighted by Gasteiger charge is 2.11. The molecule has 1 aromatic carbocycles. The Kier molecular flexibility index (Phi) is 3.06. The fraction of sp³-hybridized carbons (Fsp3) is 0.154. The monoisotopic (exact) mass is 248 g/mol. The molecule has 5 heteroatoms. The summed E-state index contributed by atoms with van der Waals surface area (Å²) in [5, 5.41) is 9.75. The predicted octanol–water partition coefficient (Wildman–Crippen LogP) is 1.40. The number of nitrogens with two attached hydrogens (primary N) is 1. The zero-order valence-corrected chi connectivity index (χ0v) is 9.85. The van der Waals surface area contributed by atoms with Gasteiger partial charge in [-0.25, -0.2) is 4.39 Å². The van der Waals surface area contributed by atoms with E-state index in [0.717, 1.165) is 5.56 Å². The average molecular weight is 248 g/mol. The molecular weight excluding hydrogens is 235 g/mol. The second-order valence-corrected chi connectivity index (χ2v) is 4.10. The van der Waals surface area contributed by atoms with Crippen LogP contribution in [0.2, 0.25) is 0 Å². The summed E-state index contributed by atoms with van der Waals surface area (Å²) >= 11 is 0. The van der Waals surface area contributed by atoms with E-state index in [1.165, 1.54) is 29.8 Å². The third-order valence-corrected chi connectivity index (χ3v) is 2.84. The molecule has 1 heterocycles. The SMILES string of the molecule is Cn1c(N)cc(O)c(Cc2ccc(F)cc2)c1=O. The second-order valence-electron chi connectivity index (χ2n) is 4.10. The van der Waals surface area contributed by atoms with E-state index in [1.807, 2.05) is 0 Å². The first-order chi connectivity index (χ1) is 8.49. The number of rotatable bonds is 2. The van der Waals surface area contributed by atoms with Crippen molar-refractivity contribution in [3.63, 3.8) is 0 Å². The number of aromatic hydroxyl groups is 1. The minimum atomic E-state index is -0.350. The maximum Gasteiger partial charge on any atom is 0.259 e. The largest absolute Gasteiger partial charge is 0.507 e. The summed E-state index contributed by atoms with van der Waals surface area (Å²) in [6.07, 6.45) is 0.235. The fourth-order valence-electron chi connectivity index (χ4n) is 1.73. The molecule has 94 valence electrons. The summed E-state index contributed by atoms with van der Waals surface area (Å²) in [7, 11) is 1.53. The van der Waals surface area contributed by atoms with E-state index in [-0.39, 0.29) is 34.9 Å². The van der Waals surface area contributed by atoms with E-state index in [1.54, 1.807) is 12.1 Å². The van der Waals surface area contributed by atoms with Crippen molar-refractivity contribution in [3.8, 4) is 5.75 Å². The van der Waals surface area contributed by atoms with Gasteiger partial charge >= 0.3 is 0 Å². The van der Waals surface area contributed by atoms with Gasteiger partial charge in [0.1, 0.15) is 17.4 Å². The molecule has 2 rings (SSSR count). The number of halogens is 1. The molecule has 3 N–H and O–H groups in total. The number of hydrogen-bond acceptors (Lipinski definition) is 3. The van der Waals surface area contributed by atoms with Gasteiger partial charge in [0.2, 0.25) is 0 Å². The number of benzene rings is 1. The van der Waals surface area contributed by atoms with Gasteiger partial charge < -0.3 is 10.8 Å². The maximum absolute atomic E-state index is 12.8. The highest BCUT2D eigenvalue weighted by molar-refractivity contribution is 5.44. The smallest absolute Gasteiger partial charge is 0.259 e. The lowest BCUT2D eigenvalue weighted by Crippen LogP contribution is -2.23. The molecular formula is C13H13FN2O2. The summed E-state index contributed by atoms with van der Waals surface area (Å²) in [5.74, 6) is -0.284. The Balaban J connectivity index is 2.44. The van der Waals surface area contributed by atoms with Crippen LogP contribution in [0.1, 0.15) is 11.1 Å². The van der Waals surface area contributed by atoms with E-state index in [0.29, 0.717) is 0 Å². The second kappa shape index (κ2) is 4.52. The van der Waals surface area contributed by atoms with Gasteiger partial charge in [-0.15, -0.1) is 0 Å². The van der Waals surface area contributed by atoms with Crippen LogP contribution < -0.4 is 11.3 Å². The highest BCUT2D eigenvalue weighted by Crippen LogP contribution is 2.19. The van der Waals surface area contributed by atoms with Gasteiger partial charge in [-0.3, -0.25) is 9.36 Å². The highest BCUT2D eigenvalue weighted by atomic mass is 19.1. The first-order valence-electron chi connectivity index (χ1n) is 5.41. The van der Waals surface area contributed by atoms with Crippen LogP contribution in [0.5, 0.6) is 5.75 Å². The quantitative estimate of drug-likeness (QED) is 0.844. The summed E-state index contributed by atoms with van der Waals surface area (Å²) in [6.45, 7) is 0. The first kappa shape index (κ1) is 12.2. The molecule has 0 bridgehead atoms. The Labute approximate surface area is 103 Å². The molecule has 0 aliphatic heterocycles. The third-order valence-electron chi connectivity index (χ3n) is 2.84. The fourth-order valence-corrected chi connectivity index (χ4v) is 1.73. The predicted molar refractivity (Wildman–Crippen MR) is 67.0 cm³/mol. The molecule has 0 saturated carbocycles. The minimum Gasteiger partial charge on any atom is -0.507 e. The van der Waals surface area contributed by atoms with Crippen molar-refractivity contribution >= 4 is 5.82 Å². The van der Waals surface area contributed by atoms with Crippen molar-refractivity contribution in [2.45, 2.75) is 6.42 Å². The molecule has 0 aliphatic rings. The maximum atomic E-state index is 12.8. The lowest BCUT2D eigenvalue weighted by Gasteiger charge is -2.09. The van der Waals surface area contributed by atoms with Crippen LogP contribution in [0.15, 0.2) is 35.1 Å². The Bertz CT molecular complexity index is 633. The molecule has 0 atom stereocenters. The lowest BCUT2D eigenvalue weighted by molar-refractivity contribution is 0.466. The Hall–Kier alpha value is -2.30. The van der Waals surface area contributed by atoms with E-state index in [2.05, 4.69) is 0 Å². The summed E-state index contributed by atoms with van der Waals surface area (Å²) in [5.41, 5.74) is 6.20. The van der Waals surface area contributed by atoms with Crippen molar-refractivity contribution in [2.24, 2.45) is 7.05 Å². The van der Waals surface area contributed by atoms with Gasteiger partial charge in [0, 0.05) is 19.5 Å². The van der Waals surface area contributed by atoms with E-state index in [4.69, 9.17) is 5.73 Å². The van der Waals surface area contributed by atoms with Crippen LogP contribution in [-0.2, 0) is 13.5 Å². The van der Waals surface area contributed by atoms with Crippen molar-refractivity contribution in [2.75, 3.05) is 5.73 Å². The number of nitrogen functional groups attached to an aromatic ring is 1. The Morgan fingerprint density at radius 1 is 1.33 bits per heavy atom. The zero-order chi connectivity index (χ0) is 13.3. The third kappa shape index (κ3) is 2.20. The number of anilines is 1. The van der Waals surface area contributed by atoms with Gasteiger partial charge in [-0.2, -0.15) is 0 Å². The van der Waals surface area contributed by atoms with Crippen molar-refractivity contribution in [1.82, 2.24) is 4.57 Å². The van der Waals surface area contributed by atoms with Gasteiger partial charge in [0.05, 0.1) is 5.56 Å².